The van der Waals surface area contributed by atoms with Gasteiger partial charge < -0.3 is 5.11 Å². The molecule has 1 nitrogen and oxygen atoms in total. The number of phenols is 1. The molecule has 0 fully saturated rings. The lowest BCUT2D eigenvalue weighted by atomic mass is 9.91. The van der Waals surface area contributed by atoms with Crippen LogP contribution in [0.3, 0.4) is 0 Å². The van der Waals surface area contributed by atoms with Crippen LogP contribution in [0.2, 0.25) is 0 Å². The van der Waals surface area contributed by atoms with Gasteiger partial charge in [-0.1, -0.05) is 48.5 Å². The van der Waals surface area contributed by atoms with E-state index in [0.717, 1.165) is 16.2 Å². The molecule has 2 heteroatoms. The molecule has 5 aromatic carbocycles. The van der Waals surface area contributed by atoms with E-state index >= 15 is 0 Å². The number of hydrogen-bond acceptors (Lipinski definition) is 2. The summed E-state index contributed by atoms with van der Waals surface area (Å²) in [5, 5.41) is 20.2. The van der Waals surface area contributed by atoms with Gasteiger partial charge >= 0.3 is 0 Å². The lowest BCUT2D eigenvalue weighted by Crippen LogP contribution is -1.84. The van der Waals surface area contributed by atoms with E-state index in [4.69, 9.17) is 0 Å². The molecule has 6 rings (SSSR count). The Labute approximate surface area is 141 Å². The van der Waals surface area contributed by atoms with Crippen LogP contribution in [0.1, 0.15) is 0 Å². The molecule has 0 aliphatic heterocycles. The molecule has 0 aliphatic carbocycles. The summed E-state index contributed by atoms with van der Waals surface area (Å²) in [7, 11) is 0. The van der Waals surface area contributed by atoms with E-state index in [2.05, 4.69) is 42.5 Å². The van der Waals surface area contributed by atoms with Crippen molar-refractivity contribution in [3.8, 4) is 5.75 Å². The summed E-state index contributed by atoms with van der Waals surface area (Å²) in [6.45, 7) is 0. The number of rotatable bonds is 0. The highest BCUT2D eigenvalue weighted by atomic mass is 32.1. The van der Waals surface area contributed by atoms with Gasteiger partial charge in [0.1, 0.15) is 5.75 Å². The molecule has 0 saturated carbocycles. The van der Waals surface area contributed by atoms with Crippen molar-refractivity contribution in [2.45, 2.75) is 0 Å². The number of aromatic hydroxyl groups is 1. The number of benzene rings is 5. The van der Waals surface area contributed by atoms with E-state index in [-0.39, 0.29) is 0 Å². The molecule has 0 unspecified atom stereocenters. The molecule has 0 amide bonds. The number of phenolic OH excluding ortho intramolecular Hbond substituents is 1. The highest BCUT2D eigenvalue weighted by Crippen LogP contribution is 2.47. The van der Waals surface area contributed by atoms with Crippen LogP contribution >= 0.6 is 11.3 Å². The maximum Gasteiger partial charge on any atom is 0.124 e. The first kappa shape index (κ1) is 12.6. The predicted octanol–water partition coefficient (Wildman–Crippen LogP) is 6.66. The monoisotopic (exact) mass is 324 g/mol. The first-order valence-corrected chi connectivity index (χ1v) is 8.84. The minimum absolute atomic E-state index is 0.354. The average Bonchev–Trinajstić information content (AvgIpc) is 3.00. The maximum atomic E-state index is 10.6. The molecule has 0 spiro atoms. The molecular formula is C22H12OS. The van der Waals surface area contributed by atoms with Gasteiger partial charge in [-0.05, 0) is 45.1 Å². The van der Waals surface area contributed by atoms with Crippen molar-refractivity contribution in [1.29, 1.82) is 0 Å². The predicted molar refractivity (Wildman–Crippen MR) is 105 cm³/mol. The number of fused-ring (bicyclic) bond motifs is 5. The van der Waals surface area contributed by atoms with E-state index in [1.807, 2.05) is 35.6 Å². The van der Waals surface area contributed by atoms with Gasteiger partial charge in [0.05, 0.1) is 0 Å². The van der Waals surface area contributed by atoms with Gasteiger partial charge in [-0.3, -0.25) is 0 Å². The van der Waals surface area contributed by atoms with Gasteiger partial charge in [0.15, 0.2) is 0 Å². The summed E-state index contributed by atoms with van der Waals surface area (Å²) in [5.74, 6) is 0.354. The van der Waals surface area contributed by atoms with Crippen LogP contribution in [0.5, 0.6) is 5.75 Å². The lowest BCUT2D eigenvalue weighted by Gasteiger charge is -2.12. The molecule has 6 aromatic rings. The molecule has 0 radical (unpaired) electrons. The molecule has 1 aromatic heterocycles. The number of thiophene rings is 1. The summed E-state index contributed by atoms with van der Waals surface area (Å²) < 4.78 is 2.64. The topological polar surface area (TPSA) is 20.2 Å². The molecule has 0 atom stereocenters. The molecule has 24 heavy (non-hydrogen) atoms. The summed E-state index contributed by atoms with van der Waals surface area (Å²) in [4.78, 5) is 0. The van der Waals surface area contributed by atoms with E-state index in [0.29, 0.717) is 5.75 Å². The maximum absolute atomic E-state index is 10.6. The fourth-order valence-electron chi connectivity index (χ4n) is 4.16. The van der Waals surface area contributed by atoms with Crippen molar-refractivity contribution in [1.82, 2.24) is 0 Å². The normalized spacial score (nSPS) is 12.3. The molecule has 0 saturated heterocycles. The van der Waals surface area contributed by atoms with Crippen LogP contribution in [0, 0.1) is 0 Å². The van der Waals surface area contributed by atoms with Gasteiger partial charge in [-0.2, -0.15) is 0 Å². The van der Waals surface area contributed by atoms with Crippen molar-refractivity contribution in [3.63, 3.8) is 0 Å². The SMILES string of the molecule is Oc1cc2c3cccc4sc5cccc(c2c2ccccc12)c5c43. The Morgan fingerprint density at radius 1 is 0.542 bits per heavy atom. The Morgan fingerprint density at radius 2 is 1.12 bits per heavy atom. The molecule has 112 valence electrons. The van der Waals surface area contributed by atoms with E-state index in [1.54, 1.807) is 0 Å². The van der Waals surface area contributed by atoms with E-state index < -0.39 is 0 Å². The second-order valence-corrected chi connectivity index (χ2v) is 7.41. The van der Waals surface area contributed by atoms with Crippen molar-refractivity contribution in [2.24, 2.45) is 0 Å². The zero-order valence-corrected chi connectivity index (χ0v) is 13.5. The van der Waals surface area contributed by atoms with Crippen molar-refractivity contribution in [2.75, 3.05) is 0 Å². The van der Waals surface area contributed by atoms with E-state index in [1.165, 1.54) is 36.3 Å². The third-order valence-electron chi connectivity index (χ3n) is 5.10. The summed E-state index contributed by atoms with van der Waals surface area (Å²) in [5.41, 5.74) is 0. The third kappa shape index (κ3) is 1.36. The molecular weight excluding hydrogens is 312 g/mol. The fourth-order valence-corrected chi connectivity index (χ4v) is 5.32. The Morgan fingerprint density at radius 3 is 1.92 bits per heavy atom. The molecule has 1 heterocycles. The highest BCUT2D eigenvalue weighted by Gasteiger charge is 2.17. The number of hydrogen-bond donors (Lipinski definition) is 1. The highest BCUT2D eigenvalue weighted by molar-refractivity contribution is 7.26. The summed E-state index contributed by atoms with van der Waals surface area (Å²) in [6, 6.07) is 23.1. The third-order valence-corrected chi connectivity index (χ3v) is 6.22. The van der Waals surface area contributed by atoms with Crippen LogP contribution in [-0.4, -0.2) is 5.11 Å². The zero-order chi connectivity index (χ0) is 15.8. The van der Waals surface area contributed by atoms with E-state index in [9.17, 15) is 5.11 Å². The van der Waals surface area contributed by atoms with Crippen LogP contribution in [0.4, 0.5) is 0 Å². The Kier molecular flexibility index (Phi) is 2.18. The van der Waals surface area contributed by atoms with Gasteiger partial charge in [0, 0.05) is 25.6 Å². The second kappa shape index (κ2) is 4.16. The molecule has 0 aliphatic rings. The summed E-state index contributed by atoms with van der Waals surface area (Å²) in [6.07, 6.45) is 0. The van der Waals surface area contributed by atoms with Crippen molar-refractivity contribution >= 4 is 63.8 Å². The van der Waals surface area contributed by atoms with Crippen LogP contribution in [-0.2, 0) is 0 Å². The Hall–Kier alpha value is -2.84. The van der Waals surface area contributed by atoms with Gasteiger partial charge in [0.25, 0.3) is 0 Å². The first-order valence-electron chi connectivity index (χ1n) is 8.02. The minimum atomic E-state index is 0.354. The lowest BCUT2D eigenvalue weighted by molar-refractivity contribution is 0.482. The van der Waals surface area contributed by atoms with Gasteiger partial charge in [0.2, 0.25) is 0 Å². The van der Waals surface area contributed by atoms with Gasteiger partial charge in [-0.15, -0.1) is 11.3 Å². The van der Waals surface area contributed by atoms with Crippen molar-refractivity contribution in [3.05, 3.63) is 66.7 Å². The summed E-state index contributed by atoms with van der Waals surface area (Å²) >= 11 is 1.85. The molecule has 1 N–H and O–H groups in total. The van der Waals surface area contributed by atoms with Gasteiger partial charge in [-0.25, -0.2) is 0 Å². The average molecular weight is 324 g/mol. The van der Waals surface area contributed by atoms with Crippen LogP contribution < -0.4 is 0 Å². The first-order chi connectivity index (χ1) is 11.8. The van der Waals surface area contributed by atoms with Crippen LogP contribution in [0.15, 0.2) is 66.7 Å². The fraction of sp³-hybridized carbons (Fsp3) is 0. The largest absolute Gasteiger partial charge is 0.507 e. The smallest absolute Gasteiger partial charge is 0.124 e. The standard InChI is InChI=1S/C22H12OS/c23-17-11-16-14-7-3-9-18-21(14)22-15(8-4-10-19(22)24-18)20(16)13-6-2-1-5-12(13)17/h1-11,23H. The quantitative estimate of drug-likeness (QED) is 0.310. The minimum Gasteiger partial charge on any atom is -0.507 e. The Bertz CT molecular complexity index is 1410. The molecule has 0 bridgehead atoms. The second-order valence-electron chi connectivity index (χ2n) is 6.32. The Balaban J connectivity index is 2.12. The zero-order valence-electron chi connectivity index (χ0n) is 12.7. The van der Waals surface area contributed by atoms with Crippen molar-refractivity contribution < 1.29 is 5.11 Å². The van der Waals surface area contributed by atoms with Crippen LogP contribution in [0.25, 0.3) is 52.5 Å².